The summed E-state index contributed by atoms with van der Waals surface area (Å²) in [6, 6.07) is 0. The van der Waals surface area contributed by atoms with E-state index in [0.29, 0.717) is 0 Å². The van der Waals surface area contributed by atoms with Gasteiger partial charge in [0.25, 0.3) is 0 Å². The van der Waals surface area contributed by atoms with Gasteiger partial charge in [-0.05, 0) is 38.5 Å². The minimum Gasteiger partial charge on any atom is -0.390 e. The van der Waals surface area contributed by atoms with Crippen LogP contribution < -0.4 is 0 Å². The molecule has 0 aliphatic rings. The Morgan fingerprint density at radius 1 is 0.500 bits per heavy atom. The molecule has 0 fully saturated rings. The number of allylic oxidation sites excluding steroid dienone is 2. The molecular weight excluding hydrogens is 296 g/mol. The summed E-state index contributed by atoms with van der Waals surface area (Å²) in [5, 5.41) is 20.0. The third kappa shape index (κ3) is 16.3. The van der Waals surface area contributed by atoms with Crippen molar-refractivity contribution < 1.29 is 10.2 Å². The zero-order valence-corrected chi connectivity index (χ0v) is 15.9. The first-order chi connectivity index (χ1) is 11.7. The van der Waals surface area contributed by atoms with Crippen LogP contribution in [0, 0.1) is 0 Å². The summed E-state index contributed by atoms with van der Waals surface area (Å²) in [5.74, 6) is 0. The summed E-state index contributed by atoms with van der Waals surface area (Å²) >= 11 is 0. The summed E-state index contributed by atoms with van der Waals surface area (Å²) in [5.41, 5.74) is 0. The van der Waals surface area contributed by atoms with E-state index < -0.39 is 12.2 Å². The van der Waals surface area contributed by atoms with Crippen molar-refractivity contribution in [2.24, 2.45) is 0 Å². The molecule has 0 bridgehead atoms. The summed E-state index contributed by atoms with van der Waals surface area (Å²) in [7, 11) is 0. The van der Waals surface area contributed by atoms with Gasteiger partial charge in [-0.25, -0.2) is 0 Å². The monoisotopic (exact) mass is 338 g/mol. The van der Waals surface area contributed by atoms with Crippen molar-refractivity contribution >= 4 is 0 Å². The topological polar surface area (TPSA) is 40.5 Å². The van der Waals surface area contributed by atoms with Gasteiger partial charge in [0, 0.05) is 0 Å². The molecule has 142 valence electrons. The summed E-state index contributed by atoms with van der Waals surface area (Å²) in [6.07, 6.45) is 21.2. The van der Waals surface area contributed by atoms with Crippen LogP contribution in [0.2, 0.25) is 0 Å². The second kappa shape index (κ2) is 18.7. The lowest BCUT2D eigenvalue weighted by Crippen LogP contribution is -2.25. The van der Waals surface area contributed by atoms with Crippen LogP contribution in [0.5, 0.6) is 0 Å². The highest BCUT2D eigenvalue weighted by molar-refractivity contribution is 4.68. The van der Waals surface area contributed by atoms with Crippen molar-refractivity contribution in [2.45, 2.75) is 115 Å². The van der Waals surface area contributed by atoms with Gasteiger partial charge in [-0.1, -0.05) is 76.4 Å². The van der Waals surface area contributed by atoms with Crippen LogP contribution >= 0.6 is 0 Å². The van der Waals surface area contributed by atoms with Crippen LogP contribution in [0.1, 0.15) is 103 Å². The van der Waals surface area contributed by atoms with Crippen LogP contribution in [0.15, 0.2) is 25.3 Å². The van der Waals surface area contributed by atoms with E-state index in [9.17, 15) is 10.2 Å². The molecule has 0 aromatic heterocycles. The quantitative estimate of drug-likeness (QED) is 0.214. The smallest absolute Gasteiger partial charge is 0.0799 e. The average Bonchev–Trinajstić information content (AvgIpc) is 2.59. The number of aliphatic hydroxyl groups excluding tert-OH is 2. The Morgan fingerprint density at radius 2 is 0.792 bits per heavy atom. The molecule has 0 aromatic rings. The Kier molecular flexibility index (Phi) is 18.3. The van der Waals surface area contributed by atoms with Crippen LogP contribution in [0.4, 0.5) is 0 Å². The van der Waals surface area contributed by atoms with E-state index in [1.54, 1.807) is 0 Å². The van der Waals surface area contributed by atoms with Gasteiger partial charge in [0.2, 0.25) is 0 Å². The molecule has 2 heteroatoms. The molecule has 0 aromatic carbocycles. The fourth-order valence-corrected chi connectivity index (χ4v) is 3.08. The van der Waals surface area contributed by atoms with Crippen molar-refractivity contribution in [1.29, 1.82) is 0 Å². The van der Waals surface area contributed by atoms with Gasteiger partial charge < -0.3 is 10.2 Å². The van der Waals surface area contributed by atoms with Gasteiger partial charge >= 0.3 is 0 Å². The minimum absolute atomic E-state index is 0.529. The number of aliphatic hydroxyl groups is 2. The standard InChI is InChI=1S/C22H42O2/c1-3-5-7-9-11-13-15-17-19-21(23)22(24)20-18-16-14-12-10-8-6-4-2/h3-4,21-24H,1-2,5-20H2. The molecule has 0 aliphatic heterocycles. The molecule has 24 heavy (non-hydrogen) atoms. The lowest BCUT2D eigenvalue weighted by Gasteiger charge is -2.17. The van der Waals surface area contributed by atoms with Crippen molar-refractivity contribution in [1.82, 2.24) is 0 Å². The maximum absolute atomic E-state index is 10.0. The minimum atomic E-state index is -0.529. The molecule has 2 unspecified atom stereocenters. The van der Waals surface area contributed by atoms with Crippen molar-refractivity contribution in [3.63, 3.8) is 0 Å². The molecule has 2 N–H and O–H groups in total. The summed E-state index contributed by atoms with van der Waals surface area (Å²) in [6.45, 7) is 7.47. The van der Waals surface area contributed by atoms with Crippen LogP contribution in [0.3, 0.4) is 0 Å². The number of hydrogen-bond donors (Lipinski definition) is 2. The van der Waals surface area contributed by atoms with E-state index in [4.69, 9.17) is 0 Å². The summed E-state index contributed by atoms with van der Waals surface area (Å²) < 4.78 is 0. The third-order valence-corrected chi connectivity index (χ3v) is 4.76. The number of rotatable bonds is 19. The lowest BCUT2D eigenvalue weighted by atomic mass is 9.99. The Balaban J connectivity index is 3.35. The zero-order chi connectivity index (χ0) is 17.9. The predicted molar refractivity (Wildman–Crippen MR) is 106 cm³/mol. The second-order valence-electron chi connectivity index (χ2n) is 7.11. The van der Waals surface area contributed by atoms with E-state index in [1.807, 2.05) is 12.2 Å². The number of hydrogen-bond acceptors (Lipinski definition) is 2. The molecule has 0 heterocycles. The summed E-state index contributed by atoms with van der Waals surface area (Å²) in [4.78, 5) is 0. The molecule has 0 saturated carbocycles. The molecule has 0 radical (unpaired) electrons. The largest absolute Gasteiger partial charge is 0.390 e. The maximum atomic E-state index is 10.0. The van der Waals surface area contributed by atoms with E-state index >= 15 is 0 Å². The van der Waals surface area contributed by atoms with Gasteiger partial charge in [0.05, 0.1) is 12.2 Å². The highest BCUT2D eigenvalue weighted by Gasteiger charge is 2.15. The average molecular weight is 339 g/mol. The molecule has 0 spiro atoms. The van der Waals surface area contributed by atoms with Gasteiger partial charge in [0.1, 0.15) is 0 Å². The molecule has 0 saturated heterocycles. The van der Waals surface area contributed by atoms with Crippen molar-refractivity contribution in [3.8, 4) is 0 Å². The molecule has 0 aliphatic carbocycles. The zero-order valence-electron chi connectivity index (χ0n) is 15.9. The van der Waals surface area contributed by atoms with Gasteiger partial charge in [-0.2, -0.15) is 0 Å². The SMILES string of the molecule is C=CCCCCCCCCC(O)C(O)CCCCCCCCC=C. The fraction of sp³-hybridized carbons (Fsp3) is 0.818. The highest BCUT2D eigenvalue weighted by Crippen LogP contribution is 2.15. The maximum Gasteiger partial charge on any atom is 0.0799 e. The van der Waals surface area contributed by atoms with Crippen molar-refractivity contribution in [3.05, 3.63) is 25.3 Å². The van der Waals surface area contributed by atoms with E-state index in [2.05, 4.69) is 13.2 Å². The van der Waals surface area contributed by atoms with E-state index in [1.165, 1.54) is 64.2 Å². The second-order valence-corrected chi connectivity index (χ2v) is 7.11. The Labute approximate surface area is 151 Å². The van der Waals surface area contributed by atoms with E-state index in [-0.39, 0.29) is 0 Å². The van der Waals surface area contributed by atoms with Crippen LogP contribution in [0.25, 0.3) is 0 Å². The Bertz CT molecular complexity index is 247. The Hall–Kier alpha value is -0.600. The molecule has 2 nitrogen and oxygen atoms in total. The lowest BCUT2D eigenvalue weighted by molar-refractivity contribution is 0.00712. The predicted octanol–water partition coefficient (Wildman–Crippen LogP) is 6.32. The molecule has 2 atom stereocenters. The van der Waals surface area contributed by atoms with Gasteiger partial charge in [-0.15, -0.1) is 13.2 Å². The first-order valence-corrected chi connectivity index (χ1v) is 10.3. The molecular formula is C22H42O2. The van der Waals surface area contributed by atoms with E-state index in [0.717, 1.165) is 38.5 Å². The molecule has 0 rings (SSSR count). The van der Waals surface area contributed by atoms with Crippen LogP contribution in [-0.4, -0.2) is 22.4 Å². The number of unbranched alkanes of at least 4 members (excludes halogenated alkanes) is 12. The third-order valence-electron chi connectivity index (χ3n) is 4.76. The molecule has 0 amide bonds. The fourth-order valence-electron chi connectivity index (χ4n) is 3.08. The highest BCUT2D eigenvalue weighted by atomic mass is 16.3. The van der Waals surface area contributed by atoms with Gasteiger partial charge in [0.15, 0.2) is 0 Å². The normalized spacial score (nSPS) is 13.6. The van der Waals surface area contributed by atoms with Gasteiger partial charge in [-0.3, -0.25) is 0 Å². The Morgan fingerprint density at radius 3 is 1.12 bits per heavy atom. The van der Waals surface area contributed by atoms with Crippen LogP contribution in [-0.2, 0) is 0 Å². The van der Waals surface area contributed by atoms with Crippen molar-refractivity contribution in [2.75, 3.05) is 0 Å². The first-order valence-electron chi connectivity index (χ1n) is 10.3. The first kappa shape index (κ1) is 23.4.